The van der Waals surface area contributed by atoms with Crippen LogP contribution in [0.1, 0.15) is 0 Å². The summed E-state index contributed by atoms with van der Waals surface area (Å²) in [6, 6.07) is 31.9. The molecule has 0 spiro atoms. The molecule has 0 saturated carbocycles. The fraction of sp³-hybridized carbons (Fsp3) is 0. The van der Waals surface area contributed by atoms with Crippen molar-refractivity contribution in [3.05, 3.63) is 102 Å². The zero-order chi connectivity index (χ0) is 18.8. The van der Waals surface area contributed by atoms with E-state index in [9.17, 15) is 0 Å². The van der Waals surface area contributed by atoms with Gasteiger partial charge in [-0.1, -0.05) is 60.7 Å². The van der Waals surface area contributed by atoms with Crippen molar-refractivity contribution in [1.82, 2.24) is 4.98 Å². The second kappa shape index (κ2) is 7.00. The van der Waals surface area contributed by atoms with Gasteiger partial charge >= 0.3 is 0 Å². The van der Waals surface area contributed by atoms with E-state index in [0.717, 1.165) is 38.6 Å². The molecule has 2 heterocycles. The highest BCUT2D eigenvalue weighted by atomic mass is 16.3. The summed E-state index contributed by atoms with van der Waals surface area (Å²) in [6.07, 6.45) is 0. The summed E-state index contributed by atoms with van der Waals surface area (Å²) in [4.78, 5) is 4.62. The van der Waals surface area contributed by atoms with E-state index in [-0.39, 0.29) is 0 Å². The molecular weight excluding hydrogens is 346 g/mol. The van der Waals surface area contributed by atoms with Gasteiger partial charge in [0.15, 0.2) is 0 Å². The number of rotatable bonds is 3. The number of anilines is 1. The van der Waals surface area contributed by atoms with Gasteiger partial charge in [0.1, 0.15) is 17.2 Å². The number of nitrogens with one attached hydrogen (secondary N) is 1. The SMILES string of the molecule is c1ccc(-c2cc(=NNc3ccc4ccccc4n3)c3ccccc3o2)cc1. The molecule has 4 nitrogen and oxygen atoms in total. The Morgan fingerprint density at radius 2 is 1.54 bits per heavy atom. The Kier molecular flexibility index (Phi) is 4.07. The average Bonchev–Trinajstić information content (AvgIpc) is 2.77. The van der Waals surface area contributed by atoms with Crippen LogP contribution in [0, 0.1) is 0 Å². The lowest BCUT2D eigenvalue weighted by Gasteiger charge is -2.06. The molecule has 0 saturated heterocycles. The quantitative estimate of drug-likeness (QED) is 0.426. The van der Waals surface area contributed by atoms with E-state index in [1.165, 1.54) is 0 Å². The number of hydrogen-bond donors (Lipinski definition) is 1. The molecule has 3 aromatic carbocycles. The second-order valence-corrected chi connectivity index (χ2v) is 6.47. The molecule has 5 rings (SSSR count). The van der Waals surface area contributed by atoms with Crippen molar-refractivity contribution >= 4 is 27.7 Å². The molecule has 4 heteroatoms. The van der Waals surface area contributed by atoms with E-state index >= 15 is 0 Å². The Morgan fingerprint density at radius 1 is 0.750 bits per heavy atom. The van der Waals surface area contributed by atoms with Gasteiger partial charge in [-0.15, -0.1) is 0 Å². The molecule has 0 aliphatic rings. The zero-order valence-corrected chi connectivity index (χ0v) is 15.0. The van der Waals surface area contributed by atoms with Crippen LogP contribution in [0.4, 0.5) is 5.82 Å². The number of aromatic nitrogens is 1. The third kappa shape index (κ3) is 3.12. The minimum absolute atomic E-state index is 0.699. The lowest BCUT2D eigenvalue weighted by atomic mass is 10.1. The van der Waals surface area contributed by atoms with Crippen LogP contribution in [0.3, 0.4) is 0 Å². The van der Waals surface area contributed by atoms with Gasteiger partial charge in [0.05, 0.1) is 10.9 Å². The van der Waals surface area contributed by atoms with Crippen LogP contribution in [0.15, 0.2) is 107 Å². The summed E-state index contributed by atoms with van der Waals surface area (Å²) in [5.41, 5.74) is 5.82. The monoisotopic (exact) mass is 363 g/mol. The van der Waals surface area contributed by atoms with E-state index in [1.807, 2.05) is 97.1 Å². The molecule has 0 unspecified atom stereocenters. The largest absolute Gasteiger partial charge is 0.456 e. The molecule has 2 aromatic heterocycles. The molecule has 5 aromatic rings. The first kappa shape index (κ1) is 16.3. The smallest absolute Gasteiger partial charge is 0.146 e. The molecule has 28 heavy (non-hydrogen) atoms. The van der Waals surface area contributed by atoms with Crippen LogP contribution in [-0.4, -0.2) is 4.98 Å². The van der Waals surface area contributed by atoms with Gasteiger partial charge < -0.3 is 4.42 Å². The number of hydrogen-bond acceptors (Lipinski definition) is 4. The predicted molar refractivity (Wildman–Crippen MR) is 113 cm³/mol. The Morgan fingerprint density at radius 3 is 2.46 bits per heavy atom. The molecule has 0 fully saturated rings. The van der Waals surface area contributed by atoms with E-state index < -0.39 is 0 Å². The minimum atomic E-state index is 0.699. The second-order valence-electron chi connectivity index (χ2n) is 6.47. The van der Waals surface area contributed by atoms with Crippen molar-refractivity contribution in [3.8, 4) is 11.3 Å². The number of fused-ring (bicyclic) bond motifs is 2. The van der Waals surface area contributed by atoms with Crippen LogP contribution >= 0.6 is 0 Å². The Bertz CT molecular complexity index is 1340. The van der Waals surface area contributed by atoms with Gasteiger partial charge in [-0.25, -0.2) is 4.98 Å². The summed E-state index contributed by atoms with van der Waals surface area (Å²) in [5.74, 6) is 1.47. The third-order valence-electron chi connectivity index (χ3n) is 4.60. The maximum atomic E-state index is 6.09. The Balaban J connectivity index is 1.62. The van der Waals surface area contributed by atoms with Gasteiger partial charge in [-0.2, -0.15) is 5.10 Å². The Labute approximate surface area is 161 Å². The first-order valence-corrected chi connectivity index (χ1v) is 9.11. The third-order valence-corrected chi connectivity index (χ3v) is 4.60. The maximum Gasteiger partial charge on any atom is 0.146 e. The van der Waals surface area contributed by atoms with Crippen molar-refractivity contribution in [2.45, 2.75) is 0 Å². The lowest BCUT2D eigenvalue weighted by molar-refractivity contribution is 0.618. The highest BCUT2D eigenvalue weighted by Gasteiger charge is 2.05. The van der Waals surface area contributed by atoms with Gasteiger partial charge in [0, 0.05) is 22.4 Å². The highest BCUT2D eigenvalue weighted by molar-refractivity contribution is 5.80. The van der Waals surface area contributed by atoms with Crippen molar-refractivity contribution in [1.29, 1.82) is 0 Å². The fourth-order valence-corrected chi connectivity index (χ4v) is 3.20. The van der Waals surface area contributed by atoms with E-state index in [0.29, 0.717) is 5.82 Å². The summed E-state index contributed by atoms with van der Waals surface area (Å²) in [5, 5.41) is 7.47. The lowest BCUT2D eigenvalue weighted by Crippen LogP contribution is -2.08. The summed E-state index contributed by atoms with van der Waals surface area (Å²) >= 11 is 0. The van der Waals surface area contributed by atoms with Gasteiger partial charge in [-0.3, -0.25) is 5.43 Å². The number of nitrogens with zero attached hydrogens (tertiary/aromatic N) is 2. The molecule has 0 atom stereocenters. The van der Waals surface area contributed by atoms with Crippen molar-refractivity contribution < 1.29 is 4.42 Å². The van der Waals surface area contributed by atoms with Crippen LogP contribution in [0.25, 0.3) is 33.2 Å². The predicted octanol–water partition coefficient (Wildman–Crippen LogP) is 5.58. The first-order chi connectivity index (χ1) is 13.9. The van der Waals surface area contributed by atoms with Gasteiger partial charge in [0.2, 0.25) is 0 Å². The molecular formula is C24H17N3O. The van der Waals surface area contributed by atoms with Crippen molar-refractivity contribution in [3.63, 3.8) is 0 Å². The fourth-order valence-electron chi connectivity index (χ4n) is 3.20. The number of benzene rings is 3. The van der Waals surface area contributed by atoms with Crippen LogP contribution in [0.5, 0.6) is 0 Å². The van der Waals surface area contributed by atoms with E-state index in [4.69, 9.17) is 4.42 Å². The average molecular weight is 363 g/mol. The molecule has 1 N–H and O–H groups in total. The molecule has 134 valence electrons. The van der Waals surface area contributed by atoms with Crippen LogP contribution < -0.4 is 10.8 Å². The summed E-state index contributed by atoms with van der Waals surface area (Å²) in [7, 11) is 0. The van der Waals surface area contributed by atoms with Crippen molar-refractivity contribution in [2.24, 2.45) is 5.10 Å². The summed E-state index contributed by atoms with van der Waals surface area (Å²) < 4.78 is 6.09. The van der Waals surface area contributed by atoms with Crippen LogP contribution in [-0.2, 0) is 0 Å². The molecule has 0 amide bonds. The van der Waals surface area contributed by atoms with Crippen LogP contribution in [0.2, 0.25) is 0 Å². The van der Waals surface area contributed by atoms with Gasteiger partial charge in [0.25, 0.3) is 0 Å². The van der Waals surface area contributed by atoms with E-state index in [1.54, 1.807) is 0 Å². The molecule has 0 aliphatic heterocycles. The normalized spacial score (nSPS) is 11.8. The van der Waals surface area contributed by atoms with Gasteiger partial charge in [-0.05, 0) is 30.3 Å². The highest BCUT2D eigenvalue weighted by Crippen LogP contribution is 2.22. The number of pyridine rings is 1. The molecule has 0 radical (unpaired) electrons. The number of para-hydroxylation sites is 2. The standard InChI is InChI=1S/C24H17N3O/c1-2-9-18(10-3-1)23-16-21(19-11-5-7-13-22(19)28-23)26-27-24-15-14-17-8-4-6-12-20(17)25-24/h1-16H,(H,25,27). The summed E-state index contributed by atoms with van der Waals surface area (Å²) in [6.45, 7) is 0. The van der Waals surface area contributed by atoms with E-state index in [2.05, 4.69) is 15.5 Å². The topological polar surface area (TPSA) is 50.4 Å². The minimum Gasteiger partial charge on any atom is -0.456 e. The van der Waals surface area contributed by atoms with Crippen molar-refractivity contribution in [2.75, 3.05) is 5.43 Å². The molecule has 0 bridgehead atoms. The Hall–Kier alpha value is -3.92. The zero-order valence-electron chi connectivity index (χ0n) is 15.0. The first-order valence-electron chi connectivity index (χ1n) is 9.11. The molecule has 0 aliphatic carbocycles. The maximum absolute atomic E-state index is 6.09.